The average molecular weight is 428 g/mol. The van der Waals surface area contributed by atoms with Crippen molar-refractivity contribution in [2.24, 2.45) is 5.92 Å². The summed E-state index contributed by atoms with van der Waals surface area (Å²) in [5.41, 5.74) is 0.968. The van der Waals surface area contributed by atoms with E-state index in [1.165, 1.54) is 7.11 Å². The van der Waals surface area contributed by atoms with E-state index in [-0.39, 0.29) is 31.2 Å². The molecule has 0 spiro atoms. The van der Waals surface area contributed by atoms with Crippen molar-refractivity contribution in [2.45, 2.75) is 13.3 Å². The van der Waals surface area contributed by atoms with E-state index in [4.69, 9.17) is 4.74 Å². The molecule has 0 unspecified atom stereocenters. The number of aromatic nitrogens is 1. The van der Waals surface area contributed by atoms with Crippen LogP contribution in [-0.2, 0) is 19.2 Å². The van der Waals surface area contributed by atoms with Crippen LogP contribution in [0, 0.1) is 5.92 Å². The second kappa shape index (κ2) is 9.41. The lowest BCUT2D eigenvalue weighted by Crippen LogP contribution is -2.45. The highest BCUT2D eigenvalue weighted by Gasteiger charge is 2.30. The Bertz CT molecular complexity index is 1040. The molecule has 1 saturated heterocycles. The van der Waals surface area contributed by atoms with Crippen molar-refractivity contribution in [1.82, 2.24) is 20.5 Å². The maximum atomic E-state index is 12.4. The Balaban J connectivity index is 1.61. The zero-order valence-corrected chi connectivity index (χ0v) is 17.3. The summed E-state index contributed by atoms with van der Waals surface area (Å²) < 4.78 is 5.27. The third-order valence-electron chi connectivity index (χ3n) is 5.09. The molecule has 3 rings (SSSR count). The molecule has 1 aromatic carbocycles. The van der Waals surface area contributed by atoms with Crippen LogP contribution in [0.15, 0.2) is 24.3 Å². The zero-order chi connectivity index (χ0) is 22.5. The van der Waals surface area contributed by atoms with Gasteiger partial charge >= 0.3 is 0 Å². The van der Waals surface area contributed by atoms with Crippen molar-refractivity contribution in [3.8, 4) is 5.75 Å². The van der Waals surface area contributed by atoms with Crippen molar-refractivity contribution in [3.63, 3.8) is 0 Å². The Hall–Kier alpha value is -3.69. The van der Waals surface area contributed by atoms with Crippen molar-refractivity contribution in [2.75, 3.05) is 33.3 Å². The lowest BCUT2D eigenvalue weighted by Gasteiger charge is -2.23. The Morgan fingerprint density at radius 2 is 2.03 bits per heavy atom. The molecule has 2 aromatic rings. The van der Waals surface area contributed by atoms with Gasteiger partial charge < -0.3 is 25.3 Å². The van der Waals surface area contributed by atoms with Gasteiger partial charge in [-0.05, 0) is 24.6 Å². The number of rotatable bonds is 9. The molecule has 3 amide bonds. The van der Waals surface area contributed by atoms with E-state index in [0.29, 0.717) is 24.2 Å². The molecule has 0 saturated carbocycles. The lowest BCUT2D eigenvalue weighted by molar-refractivity contribution is -0.145. The maximum Gasteiger partial charge on any atom is 0.290 e. The van der Waals surface area contributed by atoms with Crippen LogP contribution < -0.4 is 15.4 Å². The molecule has 0 radical (unpaired) electrons. The summed E-state index contributed by atoms with van der Waals surface area (Å²) in [5.74, 6) is -2.58. The van der Waals surface area contributed by atoms with Gasteiger partial charge in [-0.1, -0.05) is 6.07 Å². The minimum atomic E-state index is -0.831. The molecule has 1 aromatic heterocycles. The second-order valence-corrected chi connectivity index (χ2v) is 7.34. The third-order valence-corrected chi connectivity index (χ3v) is 5.09. The number of hydrogen-bond acceptors (Lipinski definition) is 6. The van der Waals surface area contributed by atoms with Crippen LogP contribution in [-0.4, -0.2) is 72.5 Å². The standard InChI is InChI=1S/C21H24N4O6/c1-12(26)21(30)25(10-13-6-7-22-19(13)28)11-14(27)9-23-20(29)17-8-15-16(24-17)4-3-5-18(15)31-2/h3-5,8,13,24H,6-7,9-11H2,1-2H3,(H,22,28)(H,23,29)/t13-/m0/s1. The number of amides is 3. The number of methoxy groups -OCH3 is 1. The number of ether oxygens (including phenoxy) is 1. The van der Waals surface area contributed by atoms with Crippen LogP contribution in [0.25, 0.3) is 10.9 Å². The third kappa shape index (κ3) is 5.08. The molecule has 2 heterocycles. The van der Waals surface area contributed by atoms with Gasteiger partial charge in [0, 0.05) is 30.9 Å². The molecule has 31 heavy (non-hydrogen) atoms. The van der Waals surface area contributed by atoms with Crippen LogP contribution in [0.4, 0.5) is 0 Å². The van der Waals surface area contributed by atoms with Crippen LogP contribution in [0.3, 0.4) is 0 Å². The molecule has 1 fully saturated rings. The summed E-state index contributed by atoms with van der Waals surface area (Å²) in [4.78, 5) is 64.4. The summed E-state index contributed by atoms with van der Waals surface area (Å²) in [6, 6.07) is 6.98. The van der Waals surface area contributed by atoms with Gasteiger partial charge in [0.2, 0.25) is 11.7 Å². The van der Waals surface area contributed by atoms with Crippen molar-refractivity contribution in [3.05, 3.63) is 30.0 Å². The van der Waals surface area contributed by atoms with Gasteiger partial charge in [0.25, 0.3) is 11.8 Å². The highest BCUT2D eigenvalue weighted by Crippen LogP contribution is 2.25. The van der Waals surface area contributed by atoms with Gasteiger partial charge in [0.1, 0.15) is 11.4 Å². The molecule has 0 bridgehead atoms. The van der Waals surface area contributed by atoms with Crippen LogP contribution in [0.1, 0.15) is 23.8 Å². The summed E-state index contributed by atoms with van der Waals surface area (Å²) in [6.45, 7) is 0.879. The summed E-state index contributed by atoms with van der Waals surface area (Å²) in [6.07, 6.45) is 0.523. The Labute approximate surface area is 178 Å². The molecule has 1 atom stereocenters. The Kier molecular flexibility index (Phi) is 6.68. The van der Waals surface area contributed by atoms with Gasteiger partial charge in [0.15, 0.2) is 5.78 Å². The molecular formula is C21H24N4O6. The predicted molar refractivity (Wildman–Crippen MR) is 111 cm³/mol. The number of hydrogen-bond donors (Lipinski definition) is 3. The fourth-order valence-electron chi connectivity index (χ4n) is 3.50. The number of benzene rings is 1. The minimum Gasteiger partial charge on any atom is -0.496 e. The van der Waals surface area contributed by atoms with E-state index in [1.54, 1.807) is 24.3 Å². The molecule has 1 aliphatic heterocycles. The first-order valence-electron chi connectivity index (χ1n) is 9.83. The molecule has 10 heteroatoms. The average Bonchev–Trinajstić information content (AvgIpc) is 3.36. The normalized spacial score (nSPS) is 15.4. The van der Waals surface area contributed by atoms with Crippen LogP contribution in [0.5, 0.6) is 5.75 Å². The number of carbonyl (C=O) groups is 5. The van der Waals surface area contributed by atoms with E-state index in [9.17, 15) is 24.0 Å². The SMILES string of the molecule is COc1cccc2[nH]c(C(=O)NCC(=O)CN(C[C@@H]3CCNC3=O)C(=O)C(C)=O)cc12. The molecule has 1 aliphatic rings. The maximum absolute atomic E-state index is 12.4. The molecule has 10 nitrogen and oxygen atoms in total. The number of nitrogens with zero attached hydrogens (tertiary/aromatic N) is 1. The second-order valence-electron chi connectivity index (χ2n) is 7.34. The number of Topliss-reactive ketones (excluding diaryl/α,β-unsaturated/α-hetero) is 2. The molecular weight excluding hydrogens is 404 g/mol. The molecule has 3 N–H and O–H groups in total. The number of nitrogens with one attached hydrogen (secondary N) is 3. The zero-order valence-electron chi connectivity index (χ0n) is 17.3. The summed E-state index contributed by atoms with van der Waals surface area (Å²) in [5, 5.41) is 5.90. The number of H-pyrrole nitrogens is 1. The minimum absolute atomic E-state index is 0.0221. The smallest absolute Gasteiger partial charge is 0.290 e. The topological polar surface area (TPSA) is 138 Å². The number of aromatic amines is 1. The first-order valence-corrected chi connectivity index (χ1v) is 9.83. The van der Waals surface area contributed by atoms with E-state index >= 15 is 0 Å². The number of ketones is 2. The fourth-order valence-corrected chi connectivity index (χ4v) is 3.50. The highest BCUT2D eigenvalue weighted by atomic mass is 16.5. The lowest BCUT2D eigenvalue weighted by atomic mass is 10.1. The van der Waals surface area contributed by atoms with E-state index < -0.39 is 29.3 Å². The van der Waals surface area contributed by atoms with Gasteiger partial charge in [-0.3, -0.25) is 24.0 Å². The largest absolute Gasteiger partial charge is 0.496 e. The van der Waals surface area contributed by atoms with E-state index in [0.717, 1.165) is 17.2 Å². The highest BCUT2D eigenvalue weighted by molar-refractivity contribution is 6.35. The fraction of sp³-hybridized carbons (Fsp3) is 0.381. The van der Waals surface area contributed by atoms with Crippen LogP contribution in [0.2, 0.25) is 0 Å². The molecule has 164 valence electrons. The summed E-state index contributed by atoms with van der Waals surface area (Å²) in [7, 11) is 1.53. The Morgan fingerprint density at radius 1 is 1.26 bits per heavy atom. The van der Waals surface area contributed by atoms with Crippen molar-refractivity contribution >= 4 is 40.2 Å². The quantitative estimate of drug-likeness (QED) is 0.482. The number of carbonyl (C=O) groups excluding carboxylic acids is 5. The summed E-state index contributed by atoms with van der Waals surface area (Å²) >= 11 is 0. The van der Waals surface area contributed by atoms with Gasteiger partial charge in [-0.2, -0.15) is 0 Å². The first-order chi connectivity index (χ1) is 14.8. The van der Waals surface area contributed by atoms with Gasteiger partial charge in [-0.15, -0.1) is 0 Å². The number of fused-ring (bicyclic) bond motifs is 1. The van der Waals surface area contributed by atoms with E-state index in [2.05, 4.69) is 15.6 Å². The predicted octanol–water partition coefficient (Wildman–Crippen LogP) is 0.0291. The first kappa shape index (κ1) is 22.0. The van der Waals surface area contributed by atoms with Gasteiger partial charge in [-0.25, -0.2) is 0 Å². The Morgan fingerprint density at radius 3 is 2.68 bits per heavy atom. The van der Waals surface area contributed by atoms with Crippen molar-refractivity contribution < 1.29 is 28.7 Å². The van der Waals surface area contributed by atoms with Crippen molar-refractivity contribution in [1.29, 1.82) is 0 Å². The van der Waals surface area contributed by atoms with E-state index in [1.807, 2.05) is 0 Å². The van der Waals surface area contributed by atoms with Crippen LogP contribution >= 0.6 is 0 Å². The monoisotopic (exact) mass is 428 g/mol. The van der Waals surface area contributed by atoms with Gasteiger partial charge in [0.05, 0.1) is 26.1 Å². The molecule has 0 aliphatic carbocycles.